The topological polar surface area (TPSA) is 118 Å². The van der Waals surface area contributed by atoms with Crippen LogP contribution in [0.25, 0.3) is 0 Å². The van der Waals surface area contributed by atoms with Crippen LogP contribution in [-0.2, 0) is 20.1 Å². The minimum atomic E-state index is -0.674. The summed E-state index contributed by atoms with van der Waals surface area (Å²) in [5.41, 5.74) is 5.91. The molecule has 2 heterocycles. The SMILES string of the molecule is CC(C)Cn1c(N)c(C(=O)CSc2nnc(C3CC3)n2Cc2ccccc2)c(=O)n(C)c1=O. The number of hydrogen-bond donors (Lipinski definition) is 1. The van der Waals surface area contributed by atoms with E-state index in [1.54, 1.807) is 0 Å². The highest BCUT2D eigenvalue weighted by Crippen LogP contribution is 2.40. The summed E-state index contributed by atoms with van der Waals surface area (Å²) in [7, 11) is 1.36. The Bertz CT molecular complexity index is 1290. The lowest BCUT2D eigenvalue weighted by atomic mass is 10.2. The lowest BCUT2D eigenvalue weighted by Gasteiger charge is -2.16. The Hall–Kier alpha value is -3.14. The standard InChI is InChI=1S/C23H28N6O3S/c1-14(2)11-28-19(24)18(21(31)27(3)23(28)32)17(30)13-33-22-26-25-20(16-9-10-16)29(22)12-15-7-5-4-6-8-15/h4-8,14,16H,9-13,24H2,1-3H3. The third kappa shape index (κ3) is 4.80. The molecule has 0 atom stereocenters. The summed E-state index contributed by atoms with van der Waals surface area (Å²) < 4.78 is 4.29. The Kier molecular flexibility index (Phi) is 6.55. The number of nitrogens with two attached hydrogens (primary N) is 1. The minimum absolute atomic E-state index is 0.0308. The summed E-state index contributed by atoms with van der Waals surface area (Å²) in [6.07, 6.45) is 2.17. The van der Waals surface area contributed by atoms with Crippen molar-refractivity contribution in [1.82, 2.24) is 23.9 Å². The van der Waals surface area contributed by atoms with Crippen molar-refractivity contribution >= 4 is 23.4 Å². The molecule has 0 aliphatic heterocycles. The number of nitrogens with zero attached hydrogens (tertiary/aromatic N) is 5. The molecule has 1 fully saturated rings. The molecule has 0 radical (unpaired) electrons. The van der Waals surface area contributed by atoms with Crippen LogP contribution in [0.4, 0.5) is 5.82 Å². The number of benzene rings is 1. The van der Waals surface area contributed by atoms with Crippen molar-refractivity contribution in [2.75, 3.05) is 11.5 Å². The van der Waals surface area contributed by atoms with Gasteiger partial charge in [-0.3, -0.25) is 18.7 Å². The van der Waals surface area contributed by atoms with Gasteiger partial charge in [-0.25, -0.2) is 4.79 Å². The summed E-state index contributed by atoms with van der Waals surface area (Å²) >= 11 is 1.23. The summed E-state index contributed by atoms with van der Waals surface area (Å²) in [6.45, 7) is 4.80. The van der Waals surface area contributed by atoms with Crippen LogP contribution in [0.5, 0.6) is 0 Å². The van der Waals surface area contributed by atoms with Crippen LogP contribution in [0.1, 0.15) is 54.4 Å². The smallest absolute Gasteiger partial charge is 0.332 e. The van der Waals surface area contributed by atoms with E-state index in [4.69, 9.17) is 5.73 Å². The second kappa shape index (κ2) is 9.38. The zero-order valence-electron chi connectivity index (χ0n) is 19.0. The fourth-order valence-electron chi connectivity index (χ4n) is 3.75. The van der Waals surface area contributed by atoms with Crippen molar-refractivity contribution in [3.63, 3.8) is 0 Å². The van der Waals surface area contributed by atoms with Crippen LogP contribution in [0.2, 0.25) is 0 Å². The lowest BCUT2D eigenvalue weighted by Crippen LogP contribution is -2.43. The first kappa shape index (κ1) is 23.0. The molecule has 0 saturated heterocycles. The van der Waals surface area contributed by atoms with Gasteiger partial charge in [0.1, 0.15) is 17.2 Å². The first-order valence-electron chi connectivity index (χ1n) is 11.0. The lowest BCUT2D eigenvalue weighted by molar-refractivity contribution is 0.102. The van der Waals surface area contributed by atoms with Crippen LogP contribution in [0, 0.1) is 5.92 Å². The average molecular weight is 469 g/mol. The Morgan fingerprint density at radius 3 is 2.48 bits per heavy atom. The van der Waals surface area contributed by atoms with Gasteiger partial charge in [0.25, 0.3) is 5.56 Å². The molecule has 0 amide bonds. The van der Waals surface area contributed by atoms with Crippen molar-refractivity contribution < 1.29 is 4.79 Å². The molecule has 4 rings (SSSR count). The third-order valence-corrected chi connectivity index (χ3v) is 6.58. The molecule has 33 heavy (non-hydrogen) atoms. The molecule has 0 bridgehead atoms. The van der Waals surface area contributed by atoms with Crippen LogP contribution in [0.15, 0.2) is 45.1 Å². The number of hydrogen-bond acceptors (Lipinski definition) is 7. The van der Waals surface area contributed by atoms with Crippen molar-refractivity contribution in [3.8, 4) is 0 Å². The maximum absolute atomic E-state index is 13.1. The molecule has 174 valence electrons. The van der Waals surface area contributed by atoms with Gasteiger partial charge < -0.3 is 10.3 Å². The molecular formula is C23H28N6O3S. The monoisotopic (exact) mass is 468 g/mol. The van der Waals surface area contributed by atoms with E-state index < -0.39 is 17.0 Å². The van der Waals surface area contributed by atoms with Crippen LogP contribution < -0.4 is 17.0 Å². The normalized spacial score (nSPS) is 13.6. The summed E-state index contributed by atoms with van der Waals surface area (Å²) in [4.78, 5) is 38.3. The Labute approximate surface area is 195 Å². The average Bonchev–Trinajstić information content (AvgIpc) is 3.56. The molecule has 2 N–H and O–H groups in total. The second-order valence-electron chi connectivity index (χ2n) is 8.81. The van der Waals surface area contributed by atoms with Crippen LogP contribution in [-0.4, -0.2) is 35.4 Å². The highest BCUT2D eigenvalue weighted by atomic mass is 32.2. The summed E-state index contributed by atoms with van der Waals surface area (Å²) in [6, 6.07) is 10.0. The van der Waals surface area contributed by atoms with Crippen molar-refractivity contribution in [3.05, 3.63) is 68.1 Å². The number of carbonyl (C=O) groups is 1. The molecule has 1 aromatic carbocycles. The van der Waals surface area contributed by atoms with Crippen molar-refractivity contribution in [2.24, 2.45) is 13.0 Å². The number of carbonyl (C=O) groups excluding carboxylic acids is 1. The van der Waals surface area contributed by atoms with E-state index in [1.807, 2.05) is 48.7 Å². The first-order valence-corrected chi connectivity index (χ1v) is 12.0. The molecule has 1 saturated carbocycles. The number of rotatable bonds is 9. The van der Waals surface area contributed by atoms with Crippen LogP contribution in [0.3, 0.4) is 0 Å². The zero-order valence-corrected chi connectivity index (χ0v) is 19.8. The molecule has 0 spiro atoms. The maximum atomic E-state index is 13.1. The number of aromatic nitrogens is 5. The number of nitrogen functional groups attached to an aromatic ring is 1. The van der Waals surface area contributed by atoms with Gasteiger partial charge in [0.15, 0.2) is 10.9 Å². The Morgan fingerprint density at radius 1 is 1.15 bits per heavy atom. The van der Waals surface area contributed by atoms with Crippen molar-refractivity contribution in [1.29, 1.82) is 0 Å². The number of Topliss-reactive ketones (excluding diaryl/α,β-unsaturated/α-hetero) is 1. The van der Waals surface area contributed by atoms with Gasteiger partial charge in [0.05, 0.1) is 12.3 Å². The van der Waals surface area contributed by atoms with Gasteiger partial charge >= 0.3 is 5.69 Å². The molecule has 1 aliphatic rings. The van der Waals surface area contributed by atoms with E-state index in [0.717, 1.165) is 28.8 Å². The quantitative estimate of drug-likeness (QED) is 0.378. The van der Waals surface area contributed by atoms with Crippen LogP contribution >= 0.6 is 11.8 Å². The number of ketones is 1. The predicted octanol–water partition coefficient (Wildman–Crippen LogP) is 2.28. The minimum Gasteiger partial charge on any atom is -0.384 e. The van der Waals surface area contributed by atoms with Gasteiger partial charge in [-0.05, 0) is 24.3 Å². The highest BCUT2D eigenvalue weighted by Gasteiger charge is 2.31. The fraction of sp³-hybridized carbons (Fsp3) is 0.435. The van der Waals surface area contributed by atoms with Gasteiger partial charge in [-0.15, -0.1) is 10.2 Å². The summed E-state index contributed by atoms with van der Waals surface area (Å²) in [5, 5.41) is 9.33. The van der Waals surface area contributed by atoms with Gasteiger partial charge in [0.2, 0.25) is 0 Å². The fourth-order valence-corrected chi connectivity index (χ4v) is 4.57. The number of thioether (sulfide) groups is 1. The molecule has 10 heteroatoms. The molecule has 3 aromatic rings. The zero-order chi connectivity index (χ0) is 23.7. The Balaban J connectivity index is 1.61. The largest absolute Gasteiger partial charge is 0.384 e. The van der Waals surface area contributed by atoms with E-state index in [9.17, 15) is 14.4 Å². The molecular weight excluding hydrogens is 440 g/mol. The molecule has 1 aliphatic carbocycles. The second-order valence-corrected chi connectivity index (χ2v) is 9.75. The van der Waals surface area contributed by atoms with Gasteiger partial charge in [-0.1, -0.05) is 55.9 Å². The first-order chi connectivity index (χ1) is 15.8. The predicted molar refractivity (Wildman–Crippen MR) is 128 cm³/mol. The van der Waals surface area contributed by atoms with E-state index in [1.165, 1.54) is 23.4 Å². The Morgan fingerprint density at radius 2 is 1.85 bits per heavy atom. The summed E-state index contributed by atoms with van der Waals surface area (Å²) in [5.74, 6) is 0.905. The van der Waals surface area contributed by atoms with E-state index in [0.29, 0.717) is 24.2 Å². The van der Waals surface area contributed by atoms with E-state index in [-0.39, 0.29) is 23.1 Å². The highest BCUT2D eigenvalue weighted by molar-refractivity contribution is 7.99. The maximum Gasteiger partial charge on any atom is 0.332 e. The number of anilines is 1. The third-order valence-electron chi connectivity index (χ3n) is 5.61. The van der Waals surface area contributed by atoms with E-state index >= 15 is 0 Å². The molecule has 0 unspecified atom stereocenters. The molecule has 9 nitrogen and oxygen atoms in total. The molecule has 2 aromatic heterocycles. The van der Waals surface area contributed by atoms with E-state index in [2.05, 4.69) is 10.2 Å². The van der Waals surface area contributed by atoms with Gasteiger partial charge in [-0.2, -0.15) is 0 Å². The van der Waals surface area contributed by atoms with Crippen molar-refractivity contribution in [2.45, 2.75) is 50.9 Å². The van der Waals surface area contributed by atoms with Gasteiger partial charge in [0, 0.05) is 19.5 Å².